The van der Waals surface area contributed by atoms with Crippen LogP contribution in [0.5, 0.6) is 5.75 Å². The minimum absolute atomic E-state index is 0.00183. The molecule has 1 atom stereocenters. The highest BCUT2D eigenvalue weighted by Crippen LogP contribution is 2.30. The lowest BCUT2D eigenvalue weighted by Crippen LogP contribution is -2.29. The number of benzene rings is 2. The standard InChI is InChI=1S/C16H14ClF2NO/c17-12-2-4-16-11(5-12)6-14(21-16)9-20-8-10-1-3-13(18)7-15(10)19/h1-5,7,14,20H,6,8-9H2. The normalized spacial score (nSPS) is 16.6. The van der Waals surface area contributed by atoms with Crippen molar-refractivity contribution in [3.63, 3.8) is 0 Å². The number of fused-ring (bicyclic) bond motifs is 1. The molecule has 1 aliphatic rings. The lowest BCUT2D eigenvalue weighted by molar-refractivity contribution is 0.227. The highest BCUT2D eigenvalue weighted by Gasteiger charge is 2.22. The molecule has 21 heavy (non-hydrogen) atoms. The number of ether oxygens (including phenoxy) is 1. The maximum atomic E-state index is 13.5. The summed E-state index contributed by atoms with van der Waals surface area (Å²) in [5.74, 6) is -0.258. The average Bonchev–Trinajstić information content (AvgIpc) is 2.83. The van der Waals surface area contributed by atoms with E-state index in [-0.39, 0.29) is 6.10 Å². The van der Waals surface area contributed by atoms with Crippen LogP contribution in [-0.4, -0.2) is 12.6 Å². The van der Waals surface area contributed by atoms with Crippen molar-refractivity contribution in [1.82, 2.24) is 5.32 Å². The van der Waals surface area contributed by atoms with Crippen LogP contribution in [0, 0.1) is 11.6 Å². The van der Waals surface area contributed by atoms with Crippen molar-refractivity contribution < 1.29 is 13.5 Å². The molecule has 1 N–H and O–H groups in total. The predicted molar refractivity (Wildman–Crippen MR) is 77.6 cm³/mol. The topological polar surface area (TPSA) is 21.3 Å². The monoisotopic (exact) mass is 309 g/mol. The molecule has 2 nitrogen and oxygen atoms in total. The Bertz CT molecular complexity index is 663. The van der Waals surface area contributed by atoms with E-state index in [2.05, 4.69) is 5.32 Å². The van der Waals surface area contributed by atoms with E-state index in [1.807, 2.05) is 12.1 Å². The van der Waals surface area contributed by atoms with E-state index in [0.29, 0.717) is 23.7 Å². The first-order chi connectivity index (χ1) is 10.1. The van der Waals surface area contributed by atoms with Crippen molar-refractivity contribution in [2.24, 2.45) is 0 Å². The van der Waals surface area contributed by atoms with Gasteiger partial charge in [-0.25, -0.2) is 8.78 Å². The van der Waals surface area contributed by atoms with Gasteiger partial charge in [0.2, 0.25) is 0 Å². The Kier molecular flexibility index (Phi) is 4.08. The third kappa shape index (κ3) is 3.34. The molecule has 5 heteroatoms. The second-order valence-electron chi connectivity index (χ2n) is 5.06. The van der Waals surface area contributed by atoms with Crippen molar-refractivity contribution in [3.8, 4) is 5.75 Å². The van der Waals surface area contributed by atoms with Crippen LogP contribution >= 0.6 is 11.6 Å². The molecule has 110 valence electrons. The van der Waals surface area contributed by atoms with Gasteiger partial charge in [0.05, 0.1) is 0 Å². The molecule has 1 aliphatic heterocycles. The number of halogens is 3. The van der Waals surface area contributed by atoms with Crippen LogP contribution in [0.3, 0.4) is 0 Å². The molecule has 0 bridgehead atoms. The minimum atomic E-state index is -0.567. The zero-order valence-electron chi connectivity index (χ0n) is 11.2. The van der Waals surface area contributed by atoms with Gasteiger partial charge in [-0.15, -0.1) is 0 Å². The van der Waals surface area contributed by atoms with Gasteiger partial charge in [-0.05, 0) is 29.8 Å². The van der Waals surface area contributed by atoms with Gasteiger partial charge in [0, 0.05) is 36.2 Å². The van der Waals surface area contributed by atoms with E-state index in [1.54, 1.807) is 6.07 Å². The highest BCUT2D eigenvalue weighted by molar-refractivity contribution is 6.30. The number of hydrogen-bond donors (Lipinski definition) is 1. The summed E-state index contributed by atoms with van der Waals surface area (Å²) in [6.07, 6.45) is 0.774. The van der Waals surface area contributed by atoms with E-state index in [1.165, 1.54) is 12.1 Å². The minimum Gasteiger partial charge on any atom is -0.488 e. The first kappa shape index (κ1) is 14.3. The van der Waals surface area contributed by atoms with Crippen LogP contribution in [0.1, 0.15) is 11.1 Å². The fourth-order valence-corrected chi connectivity index (χ4v) is 2.63. The van der Waals surface area contributed by atoms with Gasteiger partial charge >= 0.3 is 0 Å². The summed E-state index contributed by atoms with van der Waals surface area (Å²) in [6, 6.07) is 9.14. The Hall–Kier alpha value is -1.65. The highest BCUT2D eigenvalue weighted by atomic mass is 35.5. The summed E-state index contributed by atoms with van der Waals surface area (Å²) in [5.41, 5.74) is 1.53. The Balaban J connectivity index is 1.53. The van der Waals surface area contributed by atoms with E-state index in [0.717, 1.165) is 23.8 Å². The van der Waals surface area contributed by atoms with E-state index >= 15 is 0 Å². The third-order valence-corrected chi connectivity index (χ3v) is 3.70. The SMILES string of the molecule is Fc1ccc(CNCC2Cc3cc(Cl)ccc3O2)c(F)c1. The molecular weight excluding hydrogens is 296 g/mol. The number of nitrogens with one attached hydrogen (secondary N) is 1. The van der Waals surface area contributed by atoms with Gasteiger partial charge in [-0.1, -0.05) is 17.7 Å². The summed E-state index contributed by atoms with van der Waals surface area (Å²) in [5, 5.41) is 3.83. The van der Waals surface area contributed by atoms with E-state index in [4.69, 9.17) is 16.3 Å². The lowest BCUT2D eigenvalue weighted by atomic mass is 10.1. The molecule has 0 spiro atoms. The van der Waals surface area contributed by atoms with Crippen molar-refractivity contribution >= 4 is 11.6 Å². The number of hydrogen-bond acceptors (Lipinski definition) is 2. The van der Waals surface area contributed by atoms with Crippen molar-refractivity contribution in [2.75, 3.05) is 6.54 Å². The predicted octanol–water partition coefficient (Wildman–Crippen LogP) is 3.71. The molecule has 0 aliphatic carbocycles. The summed E-state index contributed by atoms with van der Waals surface area (Å²) in [7, 11) is 0. The molecule has 3 rings (SSSR count). The Morgan fingerprint density at radius 1 is 1.19 bits per heavy atom. The summed E-state index contributed by atoms with van der Waals surface area (Å²) >= 11 is 5.94. The molecule has 0 saturated heterocycles. The van der Waals surface area contributed by atoms with E-state index < -0.39 is 11.6 Å². The van der Waals surface area contributed by atoms with Gasteiger partial charge in [-0.3, -0.25) is 0 Å². The molecule has 2 aromatic rings. The van der Waals surface area contributed by atoms with Gasteiger partial charge in [0.25, 0.3) is 0 Å². The summed E-state index contributed by atoms with van der Waals surface area (Å²) in [4.78, 5) is 0. The van der Waals surface area contributed by atoms with Crippen LogP contribution in [-0.2, 0) is 13.0 Å². The zero-order chi connectivity index (χ0) is 14.8. The molecule has 0 amide bonds. The van der Waals surface area contributed by atoms with Crippen LogP contribution in [0.4, 0.5) is 8.78 Å². The largest absolute Gasteiger partial charge is 0.488 e. The molecule has 1 unspecified atom stereocenters. The van der Waals surface area contributed by atoms with Crippen LogP contribution in [0.2, 0.25) is 5.02 Å². The zero-order valence-corrected chi connectivity index (χ0v) is 12.0. The summed E-state index contributed by atoms with van der Waals surface area (Å²) < 4.78 is 32.1. The average molecular weight is 310 g/mol. The molecule has 0 aromatic heterocycles. The maximum Gasteiger partial charge on any atom is 0.130 e. The van der Waals surface area contributed by atoms with E-state index in [9.17, 15) is 8.78 Å². The smallest absolute Gasteiger partial charge is 0.130 e. The Labute approximate surface area is 126 Å². The fourth-order valence-electron chi connectivity index (χ4n) is 2.44. The lowest BCUT2D eigenvalue weighted by Gasteiger charge is -2.12. The molecule has 0 saturated carbocycles. The van der Waals surface area contributed by atoms with Crippen LogP contribution in [0.15, 0.2) is 36.4 Å². The van der Waals surface area contributed by atoms with Crippen molar-refractivity contribution in [1.29, 1.82) is 0 Å². The Morgan fingerprint density at radius 3 is 2.86 bits per heavy atom. The fraction of sp³-hybridized carbons (Fsp3) is 0.250. The molecule has 0 radical (unpaired) electrons. The van der Waals surface area contributed by atoms with Crippen molar-refractivity contribution in [2.45, 2.75) is 19.1 Å². The molecular formula is C16H14ClF2NO. The second kappa shape index (κ2) is 6.00. The number of rotatable bonds is 4. The van der Waals surface area contributed by atoms with Crippen molar-refractivity contribution in [3.05, 3.63) is 64.2 Å². The van der Waals surface area contributed by atoms with Gasteiger partial charge in [-0.2, -0.15) is 0 Å². The van der Waals surface area contributed by atoms with Gasteiger partial charge < -0.3 is 10.1 Å². The summed E-state index contributed by atoms with van der Waals surface area (Å²) in [6.45, 7) is 0.923. The third-order valence-electron chi connectivity index (χ3n) is 3.47. The van der Waals surface area contributed by atoms with Crippen LogP contribution in [0.25, 0.3) is 0 Å². The van der Waals surface area contributed by atoms with Gasteiger partial charge in [0.15, 0.2) is 0 Å². The Morgan fingerprint density at radius 2 is 2.05 bits per heavy atom. The second-order valence-corrected chi connectivity index (χ2v) is 5.50. The first-order valence-electron chi connectivity index (χ1n) is 6.71. The first-order valence-corrected chi connectivity index (χ1v) is 7.09. The maximum absolute atomic E-state index is 13.5. The molecule has 1 heterocycles. The van der Waals surface area contributed by atoms with Crippen LogP contribution < -0.4 is 10.1 Å². The molecule has 0 fully saturated rings. The quantitative estimate of drug-likeness (QED) is 0.929. The molecule has 2 aromatic carbocycles. The van der Waals surface area contributed by atoms with Gasteiger partial charge in [0.1, 0.15) is 23.5 Å².